The SMILES string of the molecule is O=C1NC(=O)c2ccc3c4ccc5c6c(ccc(c7ccc1c2c73)c64)C(=O)N(c1ccc(Cl)cc1)C5=O. The molecule has 6 nitrogen and oxygen atoms in total. The monoisotopic (exact) mass is 500 g/mol. The average molecular weight is 501 g/mol. The van der Waals surface area contributed by atoms with Gasteiger partial charge in [0, 0.05) is 38.0 Å². The number of imide groups is 2. The molecule has 6 aromatic carbocycles. The van der Waals surface area contributed by atoms with Gasteiger partial charge in [-0.25, -0.2) is 4.90 Å². The Morgan fingerprint density at radius 2 is 0.892 bits per heavy atom. The zero-order chi connectivity index (χ0) is 25.2. The summed E-state index contributed by atoms with van der Waals surface area (Å²) in [5.74, 6) is -1.64. The lowest BCUT2D eigenvalue weighted by atomic mass is 9.82. The van der Waals surface area contributed by atoms with E-state index in [2.05, 4.69) is 5.32 Å². The van der Waals surface area contributed by atoms with Gasteiger partial charge in [-0.05, 0) is 80.8 Å². The largest absolute Gasteiger partial charge is 0.288 e. The number of fused-ring (bicyclic) bond motifs is 2. The summed E-state index contributed by atoms with van der Waals surface area (Å²) in [4.78, 5) is 53.7. The summed E-state index contributed by atoms with van der Waals surface area (Å²) in [6.45, 7) is 0. The minimum Gasteiger partial charge on any atom is -0.288 e. The van der Waals surface area contributed by atoms with Crippen molar-refractivity contribution in [2.45, 2.75) is 0 Å². The van der Waals surface area contributed by atoms with Gasteiger partial charge in [0.15, 0.2) is 0 Å². The zero-order valence-electron chi connectivity index (χ0n) is 18.9. The van der Waals surface area contributed by atoms with Gasteiger partial charge < -0.3 is 0 Å². The number of hydrogen-bond acceptors (Lipinski definition) is 4. The van der Waals surface area contributed by atoms with Crippen LogP contribution in [0.15, 0.2) is 72.8 Å². The third-order valence-electron chi connectivity index (χ3n) is 7.57. The van der Waals surface area contributed by atoms with Crippen LogP contribution in [0.25, 0.3) is 43.1 Å². The molecule has 8 rings (SSSR count). The Kier molecular flexibility index (Phi) is 3.69. The first-order valence-electron chi connectivity index (χ1n) is 11.6. The van der Waals surface area contributed by atoms with Crippen LogP contribution in [0.3, 0.4) is 0 Å². The van der Waals surface area contributed by atoms with Crippen molar-refractivity contribution in [1.29, 1.82) is 0 Å². The van der Waals surface area contributed by atoms with Crippen molar-refractivity contribution in [3.05, 3.63) is 100 Å². The normalized spacial score (nSPS) is 15.0. The predicted octanol–water partition coefficient (Wildman–Crippen LogP) is 6.07. The Hall–Kier alpha value is -4.81. The van der Waals surface area contributed by atoms with Gasteiger partial charge in [-0.15, -0.1) is 0 Å². The number of nitrogens with one attached hydrogen (secondary N) is 1. The van der Waals surface area contributed by atoms with Crippen LogP contribution < -0.4 is 10.2 Å². The van der Waals surface area contributed by atoms with E-state index in [1.54, 1.807) is 48.5 Å². The summed E-state index contributed by atoms with van der Waals surface area (Å²) in [7, 11) is 0. The molecule has 2 heterocycles. The Labute approximate surface area is 213 Å². The van der Waals surface area contributed by atoms with E-state index in [0.29, 0.717) is 43.7 Å². The Balaban J connectivity index is 1.50. The summed E-state index contributed by atoms with van der Waals surface area (Å²) >= 11 is 6.02. The molecule has 0 unspecified atom stereocenters. The third kappa shape index (κ3) is 2.40. The number of amides is 4. The van der Waals surface area contributed by atoms with E-state index in [-0.39, 0.29) is 0 Å². The van der Waals surface area contributed by atoms with Gasteiger partial charge in [0.05, 0.1) is 5.69 Å². The molecular weight excluding hydrogens is 488 g/mol. The van der Waals surface area contributed by atoms with Crippen molar-refractivity contribution in [3.63, 3.8) is 0 Å². The minimum absolute atomic E-state index is 0.401. The minimum atomic E-state index is -0.421. The van der Waals surface area contributed by atoms with Crippen molar-refractivity contribution >= 4 is 84.0 Å². The number of nitrogens with zero attached hydrogens (tertiary/aromatic N) is 1. The van der Waals surface area contributed by atoms with Gasteiger partial charge in [0.2, 0.25) is 0 Å². The summed E-state index contributed by atoms with van der Waals surface area (Å²) in [6.07, 6.45) is 0. The van der Waals surface area contributed by atoms with Crippen molar-refractivity contribution in [1.82, 2.24) is 5.32 Å². The van der Waals surface area contributed by atoms with Gasteiger partial charge >= 0.3 is 0 Å². The van der Waals surface area contributed by atoms with Crippen molar-refractivity contribution < 1.29 is 19.2 Å². The molecule has 4 amide bonds. The smallest absolute Gasteiger partial charge is 0.265 e. The summed E-state index contributed by atoms with van der Waals surface area (Å²) in [5, 5.41) is 9.21. The molecule has 2 aliphatic rings. The van der Waals surface area contributed by atoms with E-state index < -0.39 is 23.6 Å². The van der Waals surface area contributed by atoms with E-state index in [9.17, 15) is 19.2 Å². The quantitative estimate of drug-likeness (QED) is 0.169. The molecule has 0 atom stereocenters. The zero-order valence-corrected chi connectivity index (χ0v) is 19.6. The lowest BCUT2D eigenvalue weighted by Gasteiger charge is -2.29. The number of benzene rings is 6. The first kappa shape index (κ1) is 20.4. The molecule has 1 N–H and O–H groups in total. The van der Waals surface area contributed by atoms with Gasteiger partial charge in [0.25, 0.3) is 23.6 Å². The first-order chi connectivity index (χ1) is 17.9. The van der Waals surface area contributed by atoms with Crippen LogP contribution >= 0.6 is 11.6 Å². The molecule has 0 aliphatic carbocycles. The predicted molar refractivity (Wildman–Crippen MR) is 142 cm³/mol. The van der Waals surface area contributed by atoms with Crippen molar-refractivity contribution in [3.8, 4) is 0 Å². The summed E-state index contributed by atoms with van der Waals surface area (Å²) in [6, 6.07) is 21.1. The fraction of sp³-hybridized carbons (Fsp3) is 0. The van der Waals surface area contributed by atoms with Crippen LogP contribution in [0.4, 0.5) is 5.69 Å². The number of anilines is 1. The standard InChI is InChI=1S/C30H13ClN2O4/c31-13-1-3-14(4-2-13)33-29(36)21-11-7-17-15-5-9-19-25-20(28(35)32-27(19)34)10-6-16(23(15)25)18-8-12-22(30(33)37)26(21)24(17)18/h1-12H,(H,32,34,35). The molecule has 0 saturated heterocycles. The molecule has 0 bridgehead atoms. The molecule has 2 aliphatic heterocycles. The molecule has 0 radical (unpaired) electrons. The Morgan fingerprint density at radius 3 is 1.35 bits per heavy atom. The lowest BCUT2D eigenvalue weighted by Crippen LogP contribution is -2.40. The van der Waals surface area contributed by atoms with Gasteiger partial charge in [0.1, 0.15) is 0 Å². The maximum absolute atomic E-state index is 13.7. The maximum atomic E-state index is 13.7. The maximum Gasteiger partial charge on any atom is 0.265 e. The number of rotatable bonds is 1. The molecule has 37 heavy (non-hydrogen) atoms. The van der Waals surface area contributed by atoms with Crippen LogP contribution in [0.1, 0.15) is 41.4 Å². The van der Waals surface area contributed by atoms with E-state index in [1.807, 2.05) is 24.3 Å². The molecule has 0 aromatic heterocycles. The number of carbonyl (C=O) groups excluding carboxylic acids is 4. The second-order valence-electron chi connectivity index (χ2n) is 9.35. The second kappa shape index (κ2) is 6.69. The summed E-state index contributed by atoms with van der Waals surface area (Å²) < 4.78 is 0. The Morgan fingerprint density at radius 1 is 0.486 bits per heavy atom. The van der Waals surface area contributed by atoms with Gasteiger partial charge in [-0.1, -0.05) is 35.9 Å². The average Bonchev–Trinajstić information content (AvgIpc) is 2.90. The number of hydrogen-bond donors (Lipinski definition) is 1. The van der Waals surface area contributed by atoms with Crippen molar-refractivity contribution in [2.75, 3.05) is 4.90 Å². The topological polar surface area (TPSA) is 83.6 Å². The highest BCUT2D eigenvalue weighted by Gasteiger charge is 2.36. The highest BCUT2D eigenvalue weighted by atomic mass is 35.5. The molecule has 0 saturated carbocycles. The molecule has 0 spiro atoms. The highest BCUT2D eigenvalue weighted by molar-refractivity contribution is 6.43. The Bertz CT molecular complexity index is 1980. The van der Waals surface area contributed by atoms with E-state index >= 15 is 0 Å². The first-order valence-corrected chi connectivity index (χ1v) is 12.0. The van der Waals surface area contributed by atoms with E-state index in [0.717, 1.165) is 32.3 Å². The van der Waals surface area contributed by atoms with Crippen LogP contribution in [0.5, 0.6) is 0 Å². The van der Waals surface area contributed by atoms with Crippen LogP contribution in [-0.2, 0) is 0 Å². The number of carbonyl (C=O) groups is 4. The van der Waals surface area contributed by atoms with Crippen LogP contribution in [0.2, 0.25) is 5.02 Å². The van der Waals surface area contributed by atoms with Gasteiger partial charge in [-0.3, -0.25) is 24.5 Å². The molecule has 7 heteroatoms. The number of halogens is 1. The van der Waals surface area contributed by atoms with Crippen LogP contribution in [-0.4, -0.2) is 23.6 Å². The van der Waals surface area contributed by atoms with E-state index in [1.165, 1.54) is 4.90 Å². The van der Waals surface area contributed by atoms with Crippen LogP contribution in [0, 0.1) is 0 Å². The second-order valence-corrected chi connectivity index (χ2v) is 9.78. The third-order valence-corrected chi connectivity index (χ3v) is 7.82. The fourth-order valence-corrected chi connectivity index (χ4v) is 6.15. The molecule has 0 fully saturated rings. The molecular formula is C30H13ClN2O4. The fourth-order valence-electron chi connectivity index (χ4n) is 6.02. The summed E-state index contributed by atoms with van der Waals surface area (Å²) in [5.41, 5.74) is 2.23. The lowest BCUT2D eigenvalue weighted by molar-refractivity contribution is 0.0840. The molecule has 6 aromatic rings. The van der Waals surface area contributed by atoms with E-state index in [4.69, 9.17) is 11.6 Å². The highest BCUT2D eigenvalue weighted by Crippen LogP contribution is 2.46. The van der Waals surface area contributed by atoms with Crippen molar-refractivity contribution in [2.24, 2.45) is 0 Å². The van der Waals surface area contributed by atoms with Gasteiger partial charge in [-0.2, -0.15) is 0 Å². The molecule has 174 valence electrons.